The molecule has 19 heavy (non-hydrogen) atoms. The molecular weight excluding hydrogens is 228 g/mol. The highest BCUT2D eigenvalue weighted by molar-refractivity contribution is 5.55. The molecule has 1 rings (SSSR count). The van der Waals surface area contributed by atoms with Crippen molar-refractivity contribution in [2.75, 3.05) is 0 Å². The van der Waals surface area contributed by atoms with Crippen LogP contribution in [0, 0.1) is 20.8 Å². The molecule has 0 bridgehead atoms. The average molecular weight is 260 g/mol. The first-order valence-electron chi connectivity index (χ1n) is 7.56. The predicted molar refractivity (Wildman–Crippen MR) is 87.4 cm³/mol. The van der Waals surface area contributed by atoms with Crippen molar-refractivity contribution < 1.29 is 0 Å². The summed E-state index contributed by atoms with van der Waals surface area (Å²) < 4.78 is 0. The van der Waals surface area contributed by atoms with E-state index in [1.807, 2.05) is 0 Å². The van der Waals surface area contributed by atoms with Gasteiger partial charge in [-0.2, -0.15) is 0 Å². The van der Waals surface area contributed by atoms with Gasteiger partial charge in [-0.25, -0.2) is 0 Å². The molecule has 0 fully saturated rings. The molecule has 0 amide bonds. The minimum atomic E-state index is 0.203. The summed E-state index contributed by atoms with van der Waals surface area (Å²) in [5.41, 5.74) is 9.61. The normalized spacial score (nSPS) is 12.9. The van der Waals surface area contributed by atoms with Crippen molar-refractivity contribution in [3.8, 4) is 0 Å². The summed E-state index contributed by atoms with van der Waals surface area (Å²) in [7, 11) is 0. The zero-order chi connectivity index (χ0) is 15.2. The number of rotatable bonds is 1. The van der Waals surface area contributed by atoms with Crippen LogP contribution in [0.1, 0.15) is 81.8 Å². The minimum absolute atomic E-state index is 0.203. The topological polar surface area (TPSA) is 0 Å². The van der Waals surface area contributed by atoms with E-state index < -0.39 is 0 Å². The van der Waals surface area contributed by atoms with E-state index in [1.54, 1.807) is 16.7 Å². The van der Waals surface area contributed by atoms with Crippen molar-refractivity contribution >= 4 is 0 Å². The summed E-state index contributed by atoms with van der Waals surface area (Å²) in [5, 5.41) is 0. The van der Waals surface area contributed by atoms with Crippen molar-refractivity contribution in [3.63, 3.8) is 0 Å². The largest absolute Gasteiger partial charge is 0.0613 e. The molecule has 0 unspecified atom stereocenters. The van der Waals surface area contributed by atoms with Crippen molar-refractivity contribution in [3.05, 3.63) is 33.4 Å². The van der Waals surface area contributed by atoms with E-state index in [4.69, 9.17) is 0 Å². The molecule has 0 aliphatic carbocycles. The van der Waals surface area contributed by atoms with Crippen LogP contribution in [-0.4, -0.2) is 0 Å². The third kappa shape index (κ3) is 2.88. The van der Waals surface area contributed by atoms with Crippen LogP contribution in [0.15, 0.2) is 0 Å². The van der Waals surface area contributed by atoms with Crippen LogP contribution in [0.25, 0.3) is 0 Å². The van der Waals surface area contributed by atoms with Gasteiger partial charge in [0, 0.05) is 0 Å². The van der Waals surface area contributed by atoms with Crippen LogP contribution in [0.5, 0.6) is 0 Å². The van der Waals surface area contributed by atoms with Crippen LogP contribution in [0.3, 0.4) is 0 Å². The van der Waals surface area contributed by atoms with Crippen molar-refractivity contribution in [1.29, 1.82) is 0 Å². The molecule has 0 nitrogen and oxygen atoms in total. The standard InChI is InChI=1S/C19H32/c1-11-15-13(3)12(2)14(4)16(18(5,6)7)17(15)19(8,9)10/h11H2,1-10H3. The lowest BCUT2D eigenvalue weighted by molar-refractivity contribution is 0.521. The highest BCUT2D eigenvalue weighted by Crippen LogP contribution is 2.41. The quantitative estimate of drug-likeness (QED) is 0.601. The summed E-state index contributed by atoms with van der Waals surface area (Å²) >= 11 is 0. The summed E-state index contributed by atoms with van der Waals surface area (Å²) in [4.78, 5) is 0. The average Bonchev–Trinajstić information content (AvgIpc) is 2.22. The van der Waals surface area contributed by atoms with Crippen molar-refractivity contribution in [1.82, 2.24) is 0 Å². The van der Waals surface area contributed by atoms with Gasteiger partial charge in [-0.05, 0) is 71.4 Å². The number of hydrogen-bond donors (Lipinski definition) is 0. The zero-order valence-corrected chi connectivity index (χ0v) is 14.7. The third-order valence-electron chi connectivity index (χ3n) is 4.36. The van der Waals surface area contributed by atoms with Gasteiger partial charge in [0.15, 0.2) is 0 Å². The Kier molecular flexibility index (Phi) is 4.25. The van der Waals surface area contributed by atoms with E-state index in [0.717, 1.165) is 6.42 Å². The van der Waals surface area contributed by atoms with Crippen molar-refractivity contribution in [2.45, 2.75) is 86.5 Å². The molecular formula is C19H32. The fraction of sp³-hybridized carbons (Fsp3) is 0.684. The maximum absolute atomic E-state index is 2.35. The number of benzene rings is 1. The summed E-state index contributed by atoms with van der Waals surface area (Å²) in [6.07, 6.45) is 1.13. The summed E-state index contributed by atoms with van der Waals surface area (Å²) in [5.74, 6) is 0. The van der Waals surface area contributed by atoms with Crippen LogP contribution in [0.4, 0.5) is 0 Å². The Hall–Kier alpha value is -0.780. The Morgan fingerprint density at radius 2 is 1.05 bits per heavy atom. The van der Waals surface area contributed by atoms with Crippen LogP contribution in [0.2, 0.25) is 0 Å². The second kappa shape index (κ2) is 4.96. The Morgan fingerprint density at radius 3 is 1.37 bits per heavy atom. The summed E-state index contributed by atoms with van der Waals surface area (Å²) in [6.45, 7) is 23.3. The van der Waals surface area contributed by atoms with E-state index in [-0.39, 0.29) is 10.8 Å². The maximum atomic E-state index is 2.35. The maximum Gasteiger partial charge on any atom is -0.0126 e. The molecule has 0 aliphatic heterocycles. The van der Waals surface area contributed by atoms with E-state index in [0.29, 0.717) is 0 Å². The lowest BCUT2D eigenvalue weighted by Crippen LogP contribution is -2.26. The lowest BCUT2D eigenvalue weighted by atomic mass is 9.69. The van der Waals surface area contributed by atoms with Gasteiger partial charge in [-0.15, -0.1) is 0 Å². The second-order valence-electron chi connectivity index (χ2n) is 7.96. The van der Waals surface area contributed by atoms with Gasteiger partial charge >= 0.3 is 0 Å². The summed E-state index contributed by atoms with van der Waals surface area (Å²) in [6, 6.07) is 0. The van der Waals surface area contributed by atoms with Gasteiger partial charge in [0.05, 0.1) is 0 Å². The first kappa shape index (κ1) is 16.3. The van der Waals surface area contributed by atoms with E-state index in [1.165, 1.54) is 16.7 Å². The van der Waals surface area contributed by atoms with Gasteiger partial charge < -0.3 is 0 Å². The number of hydrogen-bond acceptors (Lipinski definition) is 0. The third-order valence-corrected chi connectivity index (χ3v) is 4.36. The molecule has 0 heteroatoms. The lowest BCUT2D eigenvalue weighted by Gasteiger charge is -2.36. The molecule has 0 aliphatic rings. The molecule has 0 saturated carbocycles. The van der Waals surface area contributed by atoms with Crippen LogP contribution in [-0.2, 0) is 17.3 Å². The first-order chi connectivity index (χ1) is 8.42. The fourth-order valence-corrected chi connectivity index (χ4v) is 3.43. The SMILES string of the molecule is CCc1c(C)c(C)c(C)c(C(C)(C)C)c1C(C)(C)C. The predicted octanol–water partition coefficient (Wildman–Crippen LogP) is 5.77. The van der Waals surface area contributed by atoms with Gasteiger partial charge in [-0.1, -0.05) is 48.5 Å². The molecule has 0 heterocycles. The highest BCUT2D eigenvalue weighted by Gasteiger charge is 2.30. The van der Waals surface area contributed by atoms with Gasteiger partial charge in [0.2, 0.25) is 0 Å². The fourth-order valence-electron chi connectivity index (χ4n) is 3.43. The first-order valence-corrected chi connectivity index (χ1v) is 7.56. The highest BCUT2D eigenvalue weighted by atomic mass is 14.3. The van der Waals surface area contributed by atoms with Gasteiger partial charge in [0.1, 0.15) is 0 Å². The minimum Gasteiger partial charge on any atom is -0.0613 e. The Balaban J connectivity index is 3.94. The van der Waals surface area contributed by atoms with Crippen LogP contribution < -0.4 is 0 Å². The smallest absolute Gasteiger partial charge is 0.0126 e. The van der Waals surface area contributed by atoms with E-state index in [2.05, 4.69) is 69.2 Å². The molecule has 108 valence electrons. The van der Waals surface area contributed by atoms with Gasteiger partial charge in [-0.3, -0.25) is 0 Å². The molecule has 0 saturated heterocycles. The second-order valence-corrected chi connectivity index (χ2v) is 7.96. The Bertz CT molecular complexity index is 476. The molecule has 1 aromatic rings. The zero-order valence-electron chi connectivity index (χ0n) is 14.7. The molecule has 0 atom stereocenters. The van der Waals surface area contributed by atoms with Gasteiger partial charge in [0.25, 0.3) is 0 Å². The van der Waals surface area contributed by atoms with E-state index in [9.17, 15) is 0 Å². The Morgan fingerprint density at radius 1 is 0.632 bits per heavy atom. The van der Waals surface area contributed by atoms with E-state index >= 15 is 0 Å². The Labute approximate surface area is 120 Å². The molecule has 0 aromatic heterocycles. The molecule has 0 N–H and O–H groups in total. The van der Waals surface area contributed by atoms with Crippen LogP contribution >= 0.6 is 0 Å². The molecule has 1 aromatic carbocycles. The molecule has 0 spiro atoms. The molecule has 0 radical (unpaired) electrons. The van der Waals surface area contributed by atoms with Crippen molar-refractivity contribution in [2.24, 2.45) is 0 Å². The monoisotopic (exact) mass is 260 g/mol.